The van der Waals surface area contributed by atoms with Gasteiger partial charge in [0.25, 0.3) is 0 Å². The van der Waals surface area contributed by atoms with Crippen LogP contribution in [-0.4, -0.2) is 69.9 Å². The average Bonchev–Trinajstić information content (AvgIpc) is 3.08. The van der Waals surface area contributed by atoms with E-state index in [2.05, 4.69) is 26.6 Å². The first kappa shape index (κ1) is 43.7. The molecule has 0 saturated carbocycles. The number of aromatic hydroxyl groups is 1. The fraction of sp³-hybridized carbons (Fsp3) is 0.475. The number of carboxylic acids is 1. The number of carbonyl (C=O) groups is 6. The zero-order chi connectivity index (χ0) is 41.0. The van der Waals surface area contributed by atoms with Crippen LogP contribution < -0.4 is 32.2 Å². The summed E-state index contributed by atoms with van der Waals surface area (Å²) in [4.78, 5) is 90.4. The molecule has 15 heteroatoms. The summed E-state index contributed by atoms with van der Waals surface area (Å²) in [6, 6.07) is 7.89. The minimum absolute atomic E-state index is 0.0137. The quantitative estimate of drug-likeness (QED) is 0.0878. The molecule has 0 radical (unpaired) electrons. The molecule has 1 aromatic heterocycles. The van der Waals surface area contributed by atoms with Crippen molar-refractivity contribution in [1.29, 1.82) is 0 Å². The summed E-state index contributed by atoms with van der Waals surface area (Å²) < 4.78 is 5.32. The predicted molar refractivity (Wildman–Crippen MR) is 206 cm³/mol. The molecule has 0 aliphatic carbocycles. The lowest BCUT2D eigenvalue weighted by atomic mass is 9.98. The van der Waals surface area contributed by atoms with Crippen molar-refractivity contribution in [1.82, 2.24) is 21.3 Å². The monoisotopic (exact) mass is 763 g/mol. The number of fused-ring (bicyclic) bond motifs is 1. The van der Waals surface area contributed by atoms with Gasteiger partial charge in [0.1, 0.15) is 35.5 Å². The second-order valence-corrected chi connectivity index (χ2v) is 14.9. The lowest BCUT2D eigenvalue weighted by Crippen LogP contribution is -2.59. The highest BCUT2D eigenvalue weighted by Gasteiger charge is 2.33. The second-order valence-electron chi connectivity index (χ2n) is 14.9. The minimum atomic E-state index is -1.16. The molecular weight excluding hydrogens is 710 g/mol. The number of aliphatic carboxylic acids is 1. The van der Waals surface area contributed by atoms with Crippen molar-refractivity contribution in [3.8, 4) is 5.75 Å². The van der Waals surface area contributed by atoms with E-state index in [4.69, 9.17) is 9.52 Å². The van der Waals surface area contributed by atoms with E-state index in [1.165, 1.54) is 24.3 Å². The fourth-order valence-electron chi connectivity index (χ4n) is 5.92. The van der Waals surface area contributed by atoms with Crippen LogP contribution in [0.5, 0.6) is 5.75 Å². The van der Waals surface area contributed by atoms with Crippen molar-refractivity contribution in [3.63, 3.8) is 0 Å². The second kappa shape index (κ2) is 20.1. The molecule has 0 saturated heterocycles. The van der Waals surface area contributed by atoms with Gasteiger partial charge in [-0.25, -0.2) is 4.79 Å². The van der Waals surface area contributed by atoms with Gasteiger partial charge < -0.3 is 41.2 Å². The number of amides is 5. The minimum Gasteiger partial charge on any atom is -0.508 e. The first-order valence-electron chi connectivity index (χ1n) is 18.4. The maximum absolute atomic E-state index is 13.9. The number of carbonyl (C=O) groups excluding carboxylic acids is 5. The SMILES string of the molecule is Cc1cc(=O)oc2cc(NC(=O)[C@H](Cc3ccc(O)cc3)NC(=O)[C@H](NC(=O)[C@@H](CC(C)C)NC(=O)[C@@H](CC(C)C)NC(=O)CCC(=O)O)C(C)C)ccc12. The van der Waals surface area contributed by atoms with Crippen LogP contribution in [-0.2, 0) is 35.2 Å². The lowest BCUT2D eigenvalue weighted by molar-refractivity contribution is -0.139. The van der Waals surface area contributed by atoms with E-state index >= 15 is 0 Å². The molecule has 0 unspecified atom stereocenters. The van der Waals surface area contributed by atoms with Crippen LogP contribution in [0.25, 0.3) is 11.0 Å². The van der Waals surface area contributed by atoms with Gasteiger partial charge in [-0.15, -0.1) is 0 Å². The number of phenols is 1. The van der Waals surface area contributed by atoms with Gasteiger partial charge in [-0.2, -0.15) is 0 Å². The van der Waals surface area contributed by atoms with E-state index in [0.717, 1.165) is 0 Å². The molecule has 15 nitrogen and oxygen atoms in total. The third-order valence-electron chi connectivity index (χ3n) is 8.74. The number of nitrogens with one attached hydrogen (secondary N) is 5. The topological polar surface area (TPSA) is 233 Å². The number of carboxylic acid groups (broad SMARTS) is 1. The van der Waals surface area contributed by atoms with Gasteiger partial charge in [-0.3, -0.25) is 28.8 Å². The first-order chi connectivity index (χ1) is 25.8. The summed E-state index contributed by atoms with van der Waals surface area (Å²) >= 11 is 0. The Labute approximate surface area is 320 Å². The molecule has 7 N–H and O–H groups in total. The summed E-state index contributed by atoms with van der Waals surface area (Å²) in [6.45, 7) is 12.6. The van der Waals surface area contributed by atoms with Gasteiger partial charge in [-0.05, 0) is 72.9 Å². The van der Waals surface area contributed by atoms with E-state index in [1.807, 2.05) is 27.7 Å². The average molecular weight is 764 g/mol. The maximum atomic E-state index is 13.9. The fourth-order valence-corrected chi connectivity index (χ4v) is 5.92. The van der Waals surface area contributed by atoms with Crippen LogP contribution in [0.15, 0.2) is 57.7 Å². The van der Waals surface area contributed by atoms with Gasteiger partial charge in [0, 0.05) is 36.0 Å². The molecule has 0 bridgehead atoms. The molecule has 4 atom stereocenters. The molecule has 3 rings (SSSR count). The Hall–Kier alpha value is -5.73. The summed E-state index contributed by atoms with van der Waals surface area (Å²) in [6.07, 6.45) is -0.277. The van der Waals surface area contributed by atoms with Crippen molar-refractivity contribution >= 4 is 52.2 Å². The Morgan fingerprint density at radius 3 is 1.85 bits per heavy atom. The van der Waals surface area contributed by atoms with E-state index in [9.17, 15) is 38.7 Å². The van der Waals surface area contributed by atoms with Crippen molar-refractivity contribution < 1.29 is 43.4 Å². The number of anilines is 1. The number of hydrogen-bond donors (Lipinski definition) is 7. The van der Waals surface area contributed by atoms with E-state index < -0.39 is 77.6 Å². The zero-order valence-electron chi connectivity index (χ0n) is 32.4. The molecule has 55 heavy (non-hydrogen) atoms. The van der Waals surface area contributed by atoms with Gasteiger partial charge in [0.2, 0.25) is 29.5 Å². The Morgan fingerprint density at radius 2 is 1.27 bits per heavy atom. The third-order valence-corrected chi connectivity index (χ3v) is 8.74. The van der Waals surface area contributed by atoms with E-state index in [0.29, 0.717) is 22.2 Å². The Kier molecular flexibility index (Phi) is 16.0. The predicted octanol–water partition coefficient (Wildman–Crippen LogP) is 3.54. The molecule has 298 valence electrons. The molecule has 0 aliphatic rings. The number of hydrogen-bond acceptors (Lipinski definition) is 9. The molecule has 3 aromatic rings. The summed E-state index contributed by atoms with van der Waals surface area (Å²) in [7, 11) is 0. The molecule has 2 aromatic carbocycles. The Bertz CT molecular complexity index is 1900. The van der Waals surface area contributed by atoms with Crippen molar-refractivity contribution in [2.45, 2.75) is 105 Å². The molecule has 0 fully saturated rings. The summed E-state index contributed by atoms with van der Waals surface area (Å²) in [5, 5.41) is 33.0. The molecule has 5 amide bonds. The lowest BCUT2D eigenvalue weighted by Gasteiger charge is -2.29. The Balaban J connectivity index is 1.83. The van der Waals surface area contributed by atoms with Crippen molar-refractivity contribution in [2.24, 2.45) is 17.8 Å². The van der Waals surface area contributed by atoms with Crippen LogP contribution in [0.3, 0.4) is 0 Å². The highest BCUT2D eigenvalue weighted by Crippen LogP contribution is 2.21. The molecule has 1 heterocycles. The zero-order valence-corrected chi connectivity index (χ0v) is 32.4. The van der Waals surface area contributed by atoms with Gasteiger partial charge in [0.15, 0.2) is 0 Å². The third kappa shape index (κ3) is 13.9. The summed E-state index contributed by atoms with van der Waals surface area (Å²) in [5.74, 6) is -4.85. The van der Waals surface area contributed by atoms with E-state index in [-0.39, 0.29) is 48.9 Å². The van der Waals surface area contributed by atoms with E-state index in [1.54, 1.807) is 45.0 Å². The largest absolute Gasteiger partial charge is 0.508 e. The normalized spacial score (nSPS) is 13.5. The standard InChI is InChI=1S/C40H53N5O10/c1-21(2)16-29(42-33(47)14-15-34(48)49)38(52)43-30(17-22(3)4)39(53)45-36(23(5)6)40(54)44-31(19-25-8-11-27(46)12-9-25)37(51)41-26-10-13-28-24(7)18-35(50)55-32(28)20-26/h8-13,18,20-23,29-31,36,46H,14-17,19H2,1-7H3,(H,41,51)(H,42,47)(H,43,52)(H,44,54)(H,45,53)(H,48,49)/t29-,30-,31+,36-/m1/s1. The number of rotatable bonds is 19. The number of phenolic OH excluding ortho intramolecular Hbond substituents is 1. The van der Waals surface area contributed by atoms with Crippen LogP contribution in [0, 0.1) is 24.7 Å². The highest BCUT2D eigenvalue weighted by molar-refractivity contribution is 6.00. The van der Waals surface area contributed by atoms with Gasteiger partial charge >= 0.3 is 11.6 Å². The molecule has 0 aliphatic heterocycles. The maximum Gasteiger partial charge on any atom is 0.336 e. The van der Waals surface area contributed by atoms with Crippen molar-refractivity contribution in [3.05, 3.63) is 70.1 Å². The van der Waals surface area contributed by atoms with Gasteiger partial charge in [-0.1, -0.05) is 53.7 Å². The first-order valence-corrected chi connectivity index (χ1v) is 18.4. The van der Waals surface area contributed by atoms with Crippen molar-refractivity contribution in [2.75, 3.05) is 5.32 Å². The van der Waals surface area contributed by atoms with Crippen LogP contribution in [0.4, 0.5) is 5.69 Å². The number of benzene rings is 2. The van der Waals surface area contributed by atoms with Crippen LogP contribution >= 0.6 is 0 Å². The Morgan fingerprint density at radius 1 is 0.691 bits per heavy atom. The molecule has 0 spiro atoms. The number of aryl methyl sites for hydroxylation is 1. The summed E-state index contributed by atoms with van der Waals surface area (Å²) in [5.41, 5.74) is 1.36. The van der Waals surface area contributed by atoms with Crippen LogP contribution in [0.2, 0.25) is 0 Å². The smallest absolute Gasteiger partial charge is 0.336 e. The highest BCUT2D eigenvalue weighted by atomic mass is 16.4. The van der Waals surface area contributed by atoms with Gasteiger partial charge in [0.05, 0.1) is 6.42 Å². The van der Waals surface area contributed by atoms with Crippen LogP contribution in [0.1, 0.15) is 78.4 Å². The molecular formula is C40H53N5O10.